The molecule has 0 aromatic heterocycles. The average molecular weight is 249 g/mol. The molecule has 84 valence electrons. The van der Waals surface area contributed by atoms with Gasteiger partial charge in [0.15, 0.2) is 0 Å². The van der Waals surface area contributed by atoms with Crippen LogP contribution < -0.4 is 4.74 Å². The van der Waals surface area contributed by atoms with Gasteiger partial charge in [-0.05, 0) is 24.6 Å². The average Bonchev–Trinajstić information content (AvgIpc) is 2.21. The molecule has 0 saturated carbocycles. The molecule has 0 aliphatic carbocycles. The van der Waals surface area contributed by atoms with Crippen LogP contribution in [0, 0.1) is 0 Å². The normalized spacial score (nSPS) is 12.5. The predicted octanol–water partition coefficient (Wildman–Crippen LogP) is 3.53. The number of halogens is 2. The second-order valence-electron chi connectivity index (χ2n) is 3.27. The molecule has 0 aliphatic rings. The van der Waals surface area contributed by atoms with Gasteiger partial charge in [0.2, 0.25) is 0 Å². The second-order valence-corrected chi connectivity index (χ2v) is 4.12. The zero-order valence-corrected chi connectivity index (χ0v) is 10.1. The third-order valence-corrected chi connectivity index (χ3v) is 2.60. The molecule has 2 nitrogen and oxygen atoms in total. The lowest BCUT2D eigenvalue weighted by Gasteiger charge is -2.10. The largest absolute Gasteiger partial charge is 0.492 e. The molecule has 1 aromatic rings. The first-order valence-corrected chi connectivity index (χ1v) is 5.65. The fourth-order valence-corrected chi connectivity index (χ4v) is 1.56. The van der Waals surface area contributed by atoms with E-state index in [1.54, 1.807) is 18.2 Å². The SMILES string of the molecule is CCC(O)CCOc1ccc(Cl)cc1Cl. The minimum atomic E-state index is -0.309. The standard InChI is InChI=1S/C11H14Cl2O2/c1-2-9(14)5-6-15-11-4-3-8(12)7-10(11)13/h3-4,7,9,14H,2,5-6H2,1H3. The van der Waals surface area contributed by atoms with Crippen molar-refractivity contribution in [3.05, 3.63) is 28.2 Å². The molecule has 4 heteroatoms. The maximum atomic E-state index is 9.32. The number of hydrogen-bond donors (Lipinski definition) is 1. The van der Waals surface area contributed by atoms with E-state index in [1.807, 2.05) is 6.92 Å². The van der Waals surface area contributed by atoms with Gasteiger partial charge < -0.3 is 9.84 Å². The predicted molar refractivity (Wildman–Crippen MR) is 62.9 cm³/mol. The van der Waals surface area contributed by atoms with E-state index in [9.17, 15) is 5.11 Å². The molecule has 0 heterocycles. The van der Waals surface area contributed by atoms with E-state index in [2.05, 4.69) is 0 Å². The topological polar surface area (TPSA) is 29.5 Å². The van der Waals surface area contributed by atoms with Crippen LogP contribution in [0.25, 0.3) is 0 Å². The Bertz CT molecular complexity index is 315. The number of aliphatic hydroxyl groups is 1. The minimum Gasteiger partial charge on any atom is -0.492 e. The van der Waals surface area contributed by atoms with Crippen molar-refractivity contribution in [1.29, 1.82) is 0 Å². The minimum absolute atomic E-state index is 0.309. The van der Waals surface area contributed by atoms with Crippen molar-refractivity contribution in [3.8, 4) is 5.75 Å². The van der Waals surface area contributed by atoms with Gasteiger partial charge in [-0.25, -0.2) is 0 Å². The van der Waals surface area contributed by atoms with Crippen molar-refractivity contribution in [1.82, 2.24) is 0 Å². The number of benzene rings is 1. The highest BCUT2D eigenvalue weighted by Crippen LogP contribution is 2.27. The summed E-state index contributed by atoms with van der Waals surface area (Å²) in [5, 5.41) is 10.4. The van der Waals surface area contributed by atoms with E-state index >= 15 is 0 Å². The number of rotatable bonds is 5. The van der Waals surface area contributed by atoms with Crippen LogP contribution in [0.1, 0.15) is 19.8 Å². The van der Waals surface area contributed by atoms with E-state index in [4.69, 9.17) is 27.9 Å². The Morgan fingerprint density at radius 3 is 2.73 bits per heavy atom. The van der Waals surface area contributed by atoms with Gasteiger partial charge in [-0.15, -0.1) is 0 Å². The smallest absolute Gasteiger partial charge is 0.137 e. The Hall–Kier alpha value is -0.440. The van der Waals surface area contributed by atoms with Gasteiger partial charge in [0.25, 0.3) is 0 Å². The molecule has 1 aromatic carbocycles. The molecular formula is C11H14Cl2O2. The Morgan fingerprint density at radius 1 is 1.40 bits per heavy atom. The molecule has 1 rings (SSSR count). The van der Waals surface area contributed by atoms with Crippen LogP contribution in [0.4, 0.5) is 0 Å². The number of aliphatic hydroxyl groups excluding tert-OH is 1. The summed E-state index contributed by atoms with van der Waals surface area (Å²) < 4.78 is 5.41. The molecule has 0 aliphatic heterocycles. The summed E-state index contributed by atoms with van der Waals surface area (Å²) in [4.78, 5) is 0. The first-order valence-electron chi connectivity index (χ1n) is 4.89. The summed E-state index contributed by atoms with van der Waals surface area (Å²) in [6, 6.07) is 5.08. The first-order chi connectivity index (χ1) is 7.13. The van der Waals surface area contributed by atoms with Crippen LogP contribution in [0.2, 0.25) is 10.0 Å². The molecule has 0 saturated heterocycles. The molecule has 0 spiro atoms. The molecule has 15 heavy (non-hydrogen) atoms. The second kappa shape index (κ2) is 6.21. The third kappa shape index (κ3) is 4.29. The molecule has 1 atom stereocenters. The van der Waals surface area contributed by atoms with Gasteiger partial charge in [-0.3, -0.25) is 0 Å². The fraction of sp³-hybridized carbons (Fsp3) is 0.455. The Balaban J connectivity index is 2.44. The maximum Gasteiger partial charge on any atom is 0.137 e. The van der Waals surface area contributed by atoms with E-state index in [0.717, 1.165) is 6.42 Å². The van der Waals surface area contributed by atoms with Crippen LogP contribution in [0.5, 0.6) is 5.75 Å². The summed E-state index contributed by atoms with van der Waals surface area (Å²) in [6.45, 7) is 2.39. The summed E-state index contributed by atoms with van der Waals surface area (Å²) >= 11 is 11.7. The molecule has 1 unspecified atom stereocenters. The summed E-state index contributed by atoms with van der Waals surface area (Å²) in [6.07, 6.45) is 1.03. The van der Waals surface area contributed by atoms with Gasteiger partial charge >= 0.3 is 0 Å². The number of ether oxygens (including phenoxy) is 1. The highest BCUT2D eigenvalue weighted by Gasteiger charge is 2.04. The molecule has 0 bridgehead atoms. The van der Waals surface area contributed by atoms with Crippen LogP contribution in [-0.2, 0) is 0 Å². The van der Waals surface area contributed by atoms with Gasteiger partial charge in [-0.2, -0.15) is 0 Å². The van der Waals surface area contributed by atoms with Crippen molar-refractivity contribution < 1.29 is 9.84 Å². The van der Waals surface area contributed by atoms with E-state index in [0.29, 0.717) is 28.8 Å². The molecule has 0 radical (unpaired) electrons. The fourth-order valence-electron chi connectivity index (χ4n) is 1.10. The number of hydrogen-bond acceptors (Lipinski definition) is 2. The van der Waals surface area contributed by atoms with Crippen LogP contribution in [-0.4, -0.2) is 17.8 Å². The zero-order chi connectivity index (χ0) is 11.3. The van der Waals surface area contributed by atoms with E-state index in [-0.39, 0.29) is 6.10 Å². The monoisotopic (exact) mass is 248 g/mol. The van der Waals surface area contributed by atoms with Crippen LogP contribution in [0.3, 0.4) is 0 Å². The van der Waals surface area contributed by atoms with Gasteiger partial charge in [0.1, 0.15) is 5.75 Å². The third-order valence-electron chi connectivity index (χ3n) is 2.07. The van der Waals surface area contributed by atoms with Gasteiger partial charge in [0.05, 0.1) is 17.7 Å². The summed E-state index contributed by atoms with van der Waals surface area (Å²) in [7, 11) is 0. The first kappa shape index (κ1) is 12.6. The highest BCUT2D eigenvalue weighted by molar-refractivity contribution is 6.35. The lowest BCUT2D eigenvalue weighted by atomic mass is 10.2. The van der Waals surface area contributed by atoms with Crippen molar-refractivity contribution >= 4 is 23.2 Å². The lowest BCUT2D eigenvalue weighted by Crippen LogP contribution is -2.10. The van der Waals surface area contributed by atoms with E-state index < -0.39 is 0 Å². The van der Waals surface area contributed by atoms with Crippen molar-refractivity contribution in [2.45, 2.75) is 25.9 Å². The molecule has 0 fully saturated rings. The highest BCUT2D eigenvalue weighted by atomic mass is 35.5. The van der Waals surface area contributed by atoms with Gasteiger partial charge in [0, 0.05) is 11.4 Å². The van der Waals surface area contributed by atoms with Crippen molar-refractivity contribution in [2.24, 2.45) is 0 Å². The maximum absolute atomic E-state index is 9.32. The Kier molecular flexibility index (Phi) is 5.23. The zero-order valence-electron chi connectivity index (χ0n) is 8.54. The van der Waals surface area contributed by atoms with Crippen molar-refractivity contribution in [3.63, 3.8) is 0 Å². The Morgan fingerprint density at radius 2 is 2.13 bits per heavy atom. The summed E-state index contributed by atoms with van der Waals surface area (Å²) in [5.74, 6) is 0.601. The summed E-state index contributed by atoms with van der Waals surface area (Å²) in [5.41, 5.74) is 0. The van der Waals surface area contributed by atoms with Crippen molar-refractivity contribution in [2.75, 3.05) is 6.61 Å². The molecular weight excluding hydrogens is 235 g/mol. The quantitative estimate of drug-likeness (QED) is 0.864. The van der Waals surface area contributed by atoms with Crippen LogP contribution >= 0.6 is 23.2 Å². The van der Waals surface area contributed by atoms with Gasteiger partial charge in [-0.1, -0.05) is 30.1 Å². The van der Waals surface area contributed by atoms with Crippen LogP contribution in [0.15, 0.2) is 18.2 Å². The molecule has 1 N–H and O–H groups in total. The Labute approximate surface area is 99.8 Å². The van der Waals surface area contributed by atoms with E-state index in [1.165, 1.54) is 0 Å². The molecule has 0 amide bonds. The lowest BCUT2D eigenvalue weighted by molar-refractivity contribution is 0.135.